The topological polar surface area (TPSA) is 74.6 Å². The Morgan fingerprint density at radius 2 is 2.09 bits per heavy atom. The van der Waals surface area contributed by atoms with E-state index in [0.717, 1.165) is 12.4 Å². The maximum absolute atomic E-state index is 12.7. The summed E-state index contributed by atoms with van der Waals surface area (Å²) in [6, 6.07) is 3.83. The molecule has 1 aromatic rings. The fourth-order valence-electron chi connectivity index (χ4n) is 1.66. The fourth-order valence-corrected chi connectivity index (χ4v) is 2.31. The van der Waals surface area contributed by atoms with Crippen molar-refractivity contribution in [1.29, 1.82) is 5.41 Å². The smallest absolute Gasteiger partial charge is 0.404 e. The number of hydrogen-bond donors (Lipinski definition) is 2. The first-order chi connectivity index (χ1) is 10.3. The van der Waals surface area contributed by atoms with E-state index in [1.54, 1.807) is 6.92 Å². The van der Waals surface area contributed by atoms with Crippen LogP contribution in [0.15, 0.2) is 44.4 Å². The van der Waals surface area contributed by atoms with Gasteiger partial charge in [0, 0.05) is 16.6 Å². The van der Waals surface area contributed by atoms with E-state index in [4.69, 9.17) is 11.1 Å². The normalized spacial score (nSPS) is 13.7. The van der Waals surface area contributed by atoms with Gasteiger partial charge in [0.2, 0.25) is 0 Å². The van der Waals surface area contributed by atoms with Crippen LogP contribution < -0.4 is 5.73 Å². The zero-order chi connectivity index (χ0) is 16.8. The van der Waals surface area contributed by atoms with E-state index in [1.165, 1.54) is 24.7 Å². The molecular weight excluding hydrogens is 361 g/mol. The van der Waals surface area contributed by atoms with Crippen LogP contribution in [0.25, 0.3) is 0 Å². The van der Waals surface area contributed by atoms with Crippen molar-refractivity contribution >= 4 is 34.3 Å². The van der Waals surface area contributed by atoms with E-state index in [2.05, 4.69) is 25.9 Å². The number of halogens is 4. The van der Waals surface area contributed by atoms with Crippen LogP contribution in [0.5, 0.6) is 0 Å². The van der Waals surface area contributed by atoms with Gasteiger partial charge in [0.05, 0.1) is 5.56 Å². The summed E-state index contributed by atoms with van der Waals surface area (Å²) in [4.78, 5) is 7.51. The van der Waals surface area contributed by atoms with Crippen LogP contribution in [-0.2, 0) is 12.6 Å². The van der Waals surface area contributed by atoms with E-state index >= 15 is 0 Å². The average Bonchev–Trinajstić information content (AvgIpc) is 2.43. The molecule has 0 atom stereocenters. The van der Waals surface area contributed by atoms with Gasteiger partial charge in [0.1, 0.15) is 12.7 Å². The standard InChI is InChI=1S/C14H14BrF3N4/c1-9(22-8-21-7-20)11(6-19)4-10-2-3-12(13(15)5-10)14(16,17)18/h2-3,5-8,20H,4,19H2,1H3/b11-6+,20-7?,21-8+,22-9-. The van der Waals surface area contributed by atoms with Gasteiger partial charge < -0.3 is 5.73 Å². The van der Waals surface area contributed by atoms with E-state index in [0.29, 0.717) is 23.3 Å². The Balaban J connectivity index is 2.98. The zero-order valence-corrected chi connectivity index (χ0v) is 13.2. The second-order valence-electron chi connectivity index (χ2n) is 4.29. The largest absolute Gasteiger partial charge is 0.417 e. The van der Waals surface area contributed by atoms with E-state index < -0.39 is 11.7 Å². The van der Waals surface area contributed by atoms with Gasteiger partial charge in [-0.25, -0.2) is 9.98 Å². The van der Waals surface area contributed by atoms with Gasteiger partial charge in [0.15, 0.2) is 0 Å². The van der Waals surface area contributed by atoms with Crippen LogP contribution in [0.3, 0.4) is 0 Å². The minimum absolute atomic E-state index is 0.0196. The van der Waals surface area contributed by atoms with Crippen molar-refractivity contribution in [3.05, 3.63) is 45.6 Å². The summed E-state index contributed by atoms with van der Waals surface area (Å²) in [5.41, 5.74) is 6.71. The van der Waals surface area contributed by atoms with Gasteiger partial charge in [-0.2, -0.15) is 13.2 Å². The number of nitrogens with zero attached hydrogens (tertiary/aromatic N) is 2. The first-order valence-corrected chi connectivity index (χ1v) is 6.90. The summed E-state index contributed by atoms with van der Waals surface area (Å²) in [5.74, 6) is 0. The Hall–Kier alpha value is -1.96. The third kappa shape index (κ3) is 5.10. The molecule has 8 heteroatoms. The molecule has 4 nitrogen and oxygen atoms in total. The molecule has 118 valence electrons. The molecule has 0 heterocycles. The minimum Gasteiger partial charge on any atom is -0.404 e. The molecular formula is C14H14BrF3N4. The van der Waals surface area contributed by atoms with E-state index in [-0.39, 0.29) is 4.47 Å². The van der Waals surface area contributed by atoms with Crippen molar-refractivity contribution < 1.29 is 13.2 Å². The molecule has 0 aliphatic heterocycles. The fraction of sp³-hybridized carbons (Fsp3) is 0.214. The number of benzene rings is 1. The predicted molar refractivity (Wildman–Crippen MR) is 85.5 cm³/mol. The number of nitrogens with one attached hydrogen (secondary N) is 1. The number of nitrogens with two attached hydrogens (primary N) is 1. The zero-order valence-electron chi connectivity index (χ0n) is 11.7. The van der Waals surface area contributed by atoms with Gasteiger partial charge in [0.25, 0.3) is 0 Å². The van der Waals surface area contributed by atoms with Gasteiger partial charge in [-0.3, -0.25) is 5.41 Å². The summed E-state index contributed by atoms with van der Waals surface area (Å²) in [6.07, 6.45) is -0.668. The van der Waals surface area contributed by atoms with E-state index in [9.17, 15) is 13.2 Å². The van der Waals surface area contributed by atoms with Crippen LogP contribution in [-0.4, -0.2) is 18.4 Å². The summed E-state index contributed by atoms with van der Waals surface area (Å²) in [7, 11) is 0. The van der Waals surface area contributed by atoms with Crippen molar-refractivity contribution in [2.45, 2.75) is 19.5 Å². The maximum Gasteiger partial charge on any atom is 0.417 e. The monoisotopic (exact) mass is 374 g/mol. The Bertz CT molecular complexity index is 633. The predicted octanol–water partition coefficient (Wildman–Crippen LogP) is 3.95. The Kier molecular flexibility index (Phi) is 6.48. The Morgan fingerprint density at radius 1 is 1.41 bits per heavy atom. The van der Waals surface area contributed by atoms with Crippen molar-refractivity contribution in [3.8, 4) is 0 Å². The van der Waals surface area contributed by atoms with Crippen molar-refractivity contribution in [2.24, 2.45) is 15.7 Å². The lowest BCUT2D eigenvalue weighted by Gasteiger charge is -2.11. The lowest BCUT2D eigenvalue weighted by atomic mass is 10.0. The number of allylic oxidation sites excluding steroid dienone is 1. The molecule has 0 aromatic heterocycles. The maximum atomic E-state index is 12.7. The average molecular weight is 375 g/mol. The molecule has 22 heavy (non-hydrogen) atoms. The van der Waals surface area contributed by atoms with Crippen molar-refractivity contribution in [3.63, 3.8) is 0 Å². The lowest BCUT2D eigenvalue weighted by Crippen LogP contribution is -2.08. The Morgan fingerprint density at radius 3 is 2.59 bits per heavy atom. The van der Waals surface area contributed by atoms with Crippen LogP contribution >= 0.6 is 15.9 Å². The van der Waals surface area contributed by atoms with Crippen molar-refractivity contribution in [1.82, 2.24) is 0 Å². The molecule has 0 aliphatic carbocycles. The SMILES string of the molecule is CC(=N/C=N/C=N)/C(=C/N)Cc1ccc(C(F)(F)F)c(Br)c1. The van der Waals surface area contributed by atoms with Gasteiger partial charge in [-0.15, -0.1) is 0 Å². The molecule has 1 aromatic carbocycles. The van der Waals surface area contributed by atoms with Crippen LogP contribution in [0.2, 0.25) is 0 Å². The highest BCUT2D eigenvalue weighted by atomic mass is 79.9. The van der Waals surface area contributed by atoms with Crippen LogP contribution in [0.4, 0.5) is 13.2 Å². The Labute approximate surface area is 134 Å². The third-order valence-corrected chi connectivity index (χ3v) is 3.45. The van der Waals surface area contributed by atoms with Crippen LogP contribution in [0.1, 0.15) is 18.1 Å². The van der Waals surface area contributed by atoms with Gasteiger partial charge in [-0.05, 0) is 36.4 Å². The summed E-state index contributed by atoms with van der Waals surface area (Å²) in [6.45, 7) is 1.70. The molecule has 0 spiro atoms. The highest BCUT2D eigenvalue weighted by molar-refractivity contribution is 9.10. The molecule has 0 fully saturated rings. The van der Waals surface area contributed by atoms with Gasteiger partial charge in [-0.1, -0.05) is 22.0 Å². The van der Waals surface area contributed by atoms with E-state index in [1.807, 2.05) is 0 Å². The summed E-state index contributed by atoms with van der Waals surface area (Å²) < 4.78 is 38.1. The summed E-state index contributed by atoms with van der Waals surface area (Å²) in [5, 5.41) is 6.74. The number of hydrogen-bond acceptors (Lipinski definition) is 2. The number of rotatable bonds is 5. The molecule has 0 aliphatic rings. The third-order valence-electron chi connectivity index (χ3n) is 2.79. The molecule has 0 saturated heterocycles. The second kappa shape index (κ2) is 7.88. The first kappa shape index (κ1) is 18.1. The highest BCUT2D eigenvalue weighted by Crippen LogP contribution is 2.35. The molecule has 0 unspecified atom stereocenters. The molecule has 1 rings (SSSR count). The molecule has 3 N–H and O–H groups in total. The second-order valence-corrected chi connectivity index (χ2v) is 5.14. The summed E-state index contributed by atoms with van der Waals surface area (Å²) >= 11 is 2.94. The quantitative estimate of drug-likeness (QED) is 0.594. The molecule has 0 amide bonds. The molecule has 0 saturated carbocycles. The molecule has 0 radical (unpaired) electrons. The van der Waals surface area contributed by atoms with Crippen LogP contribution in [0, 0.1) is 5.41 Å². The highest BCUT2D eigenvalue weighted by Gasteiger charge is 2.32. The number of aliphatic imine (C=N–C) groups is 2. The number of alkyl halides is 3. The van der Waals surface area contributed by atoms with Gasteiger partial charge >= 0.3 is 6.18 Å². The minimum atomic E-state index is -4.40. The first-order valence-electron chi connectivity index (χ1n) is 6.11. The molecule has 0 bridgehead atoms. The van der Waals surface area contributed by atoms with Crippen molar-refractivity contribution in [2.75, 3.05) is 0 Å². The lowest BCUT2D eigenvalue weighted by molar-refractivity contribution is -0.138.